The van der Waals surface area contributed by atoms with Crippen molar-refractivity contribution in [3.05, 3.63) is 18.5 Å². The van der Waals surface area contributed by atoms with Crippen LogP contribution in [0.1, 0.15) is 0 Å². The van der Waals surface area contributed by atoms with Crippen LogP contribution in [-0.4, -0.2) is 31.3 Å². The molecule has 0 aliphatic rings. The number of nitrogen functional groups attached to an aromatic ring is 1. The number of oxazole rings is 1. The number of anilines is 1. The second kappa shape index (κ2) is 4.93. The lowest BCUT2D eigenvalue weighted by Gasteiger charge is -2.13. The van der Waals surface area contributed by atoms with Crippen molar-refractivity contribution in [1.29, 1.82) is 0 Å². The van der Waals surface area contributed by atoms with Gasteiger partial charge in [-0.3, -0.25) is 0 Å². The largest absolute Gasteiger partial charge is 0.493 e. The van der Waals surface area contributed by atoms with E-state index < -0.39 is 0 Å². The standard InChI is InChI=1S/C14H15N3O4/c1-18-10-4-7-8(9-6-21-14(15)17-9)5-16-11(7)13(20-3)12(10)19-2/h4-6,16H,1-3H3,(H2,15,17). The Morgan fingerprint density at radius 3 is 2.48 bits per heavy atom. The lowest BCUT2D eigenvalue weighted by molar-refractivity contribution is 0.327. The van der Waals surface area contributed by atoms with Crippen molar-refractivity contribution in [3.8, 4) is 28.5 Å². The molecule has 2 aromatic heterocycles. The van der Waals surface area contributed by atoms with Crippen LogP contribution in [0.4, 0.5) is 6.01 Å². The summed E-state index contributed by atoms with van der Waals surface area (Å²) in [5.74, 6) is 1.66. The zero-order valence-corrected chi connectivity index (χ0v) is 11.9. The molecule has 21 heavy (non-hydrogen) atoms. The highest BCUT2D eigenvalue weighted by Crippen LogP contribution is 2.45. The molecule has 7 nitrogen and oxygen atoms in total. The Kier molecular flexibility index (Phi) is 3.09. The molecule has 0 saturated heterocycles. The summed E-state index contributed by atoms with van der Waals surface area (Å²) >= 11 is 0. The minimum absolute atomic E-state index is 0.117. The number of nitrogens with zero attached hydrogens (tertiary/aromatic N) is 1. The van der Waals surface area contributed by atoms with Crippen molar-refractivity contribution in [3.63, 3.8) is 0 Å². The molecule has 0 atom stereocenters. The third kappa shape index (κ3) is 1.94. The SMILES string of the molecule is COc1cc2c(-c3coc(N)n3)c[nH]c2c(OC)c1OC. The van der Waals surface area contributed by atoms with Gasteiger partial charge < -0.3 is 29.3 Å². The molecule has 2 heterocycles. The summed E-state index contributed by atoms with van der Waals surface area (Å²) in [6, 6.07) is 1.97. The lowest BCUT2D eigenvalue weighted by atomic mass is 10.1. The summed E-state index contributed by atoms with van der Waals surface area (Å²) in [6.07, 6.45) is 3.31. The zero-order valence-electron chi connectivity index (χ0n) is 11.9. The Balaban J connectivity index is 2.31. The number of H-pyrrole nitrogens is 1. The molecule has 0 saturated carbocycles. The molecular weight excluding hydrogens is 274 g/mol. The van der Waals surface area contributed by atoms with Crippen LogP contribution in [0.15, 0.2) is 22.9 Å². The summed E-state index contributed by atoms with van der Waals surface area (Å²) < 4.78 is 21.2. The predicted octanol–water partition coefficient (Wildman–Crippen LogP) is 2.43. The van der Waals surface area contributed by atoms with Crippen LogP contribution in [0.2, 0.25) is 0 Å². The molecule has 0 radical (unpaired) electrons. The van der Waals surface area contributed by atoms with Crippen molar-refractivity contribution in [2.24, 2.45) is 0 Å². The molecule has 0 aliphatic heterocycles. The number of benzene rings is 1. The Bertz CT molecular complexity index is 791. The second-order valence-corrected chi connectivity index (χ2v) is 4.34. The number of rotatable bonds is 4. The van der Waals surface area contributed by atoms with E-state index in [0.29, 0.717) is 22.9 Å². The van der Waals surface area contributed by atoms with Crippen LogP contribution < -0.4 is 19.9 Å². The number of nitrogens with two attached hydrogens (primary N) is 1. The quantitative estimate of drug-likeness (QED) is 0.765. The van der Waals surface area contributed by atoms with Crippen molar-refractivity contribution < 1.29 is 18.6 Å². The van der Waals surface area contributed by atoms with Crippen LogP contribution >= 0.6 is 0 Å². The normalized spacial score (nSPS) is 10.8. The van der Waals surface area contributed by atoms with Crippen LogP contribution in [0.5, 0.6) is 17.2 Å². The maximum atomic E-state index is 5.53. The number of fused-ring (bicyclic) bond motifs is 1. The van der Waals surface area contributed by atoms with Gasteiger partial charge in [0.15, 0.2) is 11.5 Å². The van der Waals surface area contributed by atoms with Gasteiger partial charge in [-0.25, -0.2) is 0 Å². The van der Waals surface area contributed by atoms with Crippen LogP contribution in [0.3, 0.4) is 0 Å². The number of aromatic nitrogens is 2. The van der Waals surface area contributed by atoms with Gasteiger partial charge in [-0.1, -0.05) is 0 Å². The van der Waals surface area contributed by atoms with Gasteiger partial charge in [0, 0.05) is 17.1 Å². The Labute approximate surface area is 120 Å². The molecule has 3 N–H and O–H groups in total. The molecular formula is C14H15N3O4. The van der Waals surface area contributed by atoms with E-state index in [2.05, 4.69) is 9.97 Å². The first-order chi connectivity index (χ1) is 10.2. The Hall–Kier alpha value is -2.83. The Morgan fingerprint density at radius 2 is 1.90 bits per heavy atom. The topological polar surface area (TPSA) is 95.5 Å². The number of nitrogens with one attached hydrogen (secondary N) is 1. The van der Waals surface area contributed by atoms with Crippen molar-refractivity contribution in [1.82, 2.24) is 9.97 Å². The fourth-order valence-corrected chi connectivity index (χ4v) is 2.36. The van der Waals surface area contributed by atoms with Gasteiger partial charge in [0.2, 0.25) is 5.75 Å². The number of aromatic amines is 1. The summed E-state index contributed by atoms with van der Waals surface area (Å²) in [5.41, 5.74) is 7.78. The van der Waals surface area contributed by atoms with Crippen LogP contribution in [0, 0.1) is 0 Å². The molecule has 0 spiro atoms. The van der Waals surface area contributed by atoms with Crippen LogP contribution in [-0.2, 0) is 0 Å². The zero-order chi connectivity index (χ0) is 15.0. The minimum atomic E-state index is 0.117. The fourth-order valence-electron chi connectivity index (χ4n) is 2.36. The minimum Gasteiger partial charge on any atom is -0.493 e. The predicted molar refractivity (Wildman–Crippen MR) is 77.9 cm³/mol. The van der Waals surface area contributed by atoms with Gasteiger partial charge in [-0.15, -0.1) is 0 Å². The maximum absolute atomic E-state index is 5.53. The molecule has 3 aromatic rings. The highest BCUT2D eigenvalue weighted by atomic mass is 16.5. The van der Waals surface area contributed by atoms with E-state index >= 15 is 0 Å². The van der Waals surface area contributed by atoms with Crippen molar-refractivity contribution in [2.75, 3.05) is 27.1 Å². The fraction of sp³-hybridized carbons (Fsp3) is 0.214. The molecule has 0 amide bonds. The molecule has 0 bridgehead atoms. The number of ether oxygens (including phenoxy) is 3. The van der Waals surface area contributed by atoms with Gasteiger partial charge in [0.1, 0.15) is 12.0 Å². The van der Waals surface area contributed by atoms with Gasteiger partial charge in [0.25, 0.3) is 6.01 Å². The second-order valence-electron chi connectivity index (χ2n) is 4.34. The maximum Gasteiger partial charge on any atom is 0.292 e. The highest BCUT2D eigenvalue weighted by molar-refractivity contribution is 6.00. The number of methoxy groups -OCH3 is 3. The number of hydrogen-bond donors (Lipinski definition) is 2. The molecule has 0 fully saturated rings. The third-order valence-corrected chi connectivity index (χ3v) is 3.28. The van der Waals surface area contributed by atoms with Crippen molar-refractivity contribution in [2.45, 2.75) is 0 Å². The Morgan fingerprint density at radius 1 is 1.14 bits per heavy atom. The van der Waals surface area contributed by atoms with E-state index in [1.54, 1.807) is 21.3 Å². The molecule has 7 heteroatoms. The summed E-state index contributed by atoms with van der Waals surface area (Å²) in [5, 5.41) is 0.873. The summed E-state index contributed by atoms with van der Waals surface area (Å²) in [6.45, 7) is 0. The average Bonchev–Trinajstić information content (AvgIpc) is 3.10. The van der Waals surface area contributed by atoms with Gasteiger partial charge >= 0.3 is 0 Å². The van der Waals surface area contributed by atoms with E-state index in [-0.39, 0.29) is 6.01 Å². The molecule has 0 unspecified atom stereocenters. The highest BCUT2D eigenvalue weighted by Gasteiger charge is 2.20. The first kappa shape index (κ1) is 13.2. The average molecular weight is 289 g/mol. The van der Waals surface area contributed by atoms with E-state index in [4.69, 9.17) is 24.4 Å². The molecule has 1 aromatic carbocycles. The van der Waals surface area contributed by atoms with Gasteiger partial charge in [-0.2, -0.15) is 4.98 Å². The monoisotopic (exact) mass is 289 g/mol. The smallest absolute Gasteiger partial charge is 0.292 e. The van der Waals surface area contributed by atoms with Gasteiger partial charge in [-0.05, 0) is 6.07 Å². The van der Waals surface area contributed by atoms with E-state index in [9.17, 15) is 0 Å². The van der Waals surface area contributed by atoms with Crippen LogP contribution in [0.25, 0.3) is 22.2 Å². The number of hydrogen-bond acceptors (Lipinski definition) is 6. The molecule has 0 aliphatic carbocycles. The first-order valence-corrected chi connectivity index (χ1v) is 6.21. The van der Waals surface area contributed by atoms with E-state index in [1.165, 1.54) is 6.26 Å². The van der Waals surface area contributed by atoms with E-state index in [1.807, 2.05) is 12.3 Å². The summed E-state index contributed by atoms with van der Waals surface area (Å²) in [4.78, 5) is 7.29. The lowest BCUT2D eigenvalue weighted by Crippen LogP contribution is -1.95. The first-order valence-electron chi connectivity index (χ1n) is 6.21. The molecule has 110 valence electrons. The van der Waals surface area contributed by atoms with Crippen molar-refractivity contribution >= 4 is 16.9 Å². The summed E-state index contributed by atoms with van der Waals surface area (Å²) in [7, 11) is 4.71. The van der Waals surface area contributed by atoms with E-state index in [0.717, 1.165) is 16.5 Å². The third-order valence-electron chi connectivity index (χ3n) is 3.28. The van der Waals surface area contributed by atoms with Gasteiger partial charge in [0.05, 0.1) is 26.8 Å². The molecule has 3 rings (SSSR count).